The summed E-state index contributed by atoms with van der Waals surface area (Å²) in [4.78, 5) is 28.5. The summed E-state index contributed by atoms with van der Waals surface area (Å²) >= 11 is 0. The predicted octanol–water partition coefficient (Wildman–Crippen LogP) is 2.90. The number of benzene rings is 1. The van der Waals surface area contributed by atoms with Crippen molar-refractivity contribution in [3.05, 3.63) is 29.3 Å². The Bertz CT molecular complexity index is 938. The molecule has 1 unspecified atom stereocenters. The van der Waals surface area contributed by atoms with Gasteiger partial charge in [-0.05, 0) is 57.7 Å². The number of nitrogens with one attached hydrogen (secondary N) is 1. The topological polar surface area (TPSA) is 86.8 Å². The van der Waals surface area contributed by atoms with Gasteiger partial charge >= 0.3 is 0 Å². The van der Waals surface area contributed by atoms with E-state index in [2.05, 4.69) is 5.32 Å². The van der Waals surface area contributed by atoms with E-state index in [1.165, 1.54) is 22.0 Å². The summed E-state index contributed by atoms with van der Waals surface area (Å²) in [6, 6.07) is 5.84. The number of rotatable bonds is 5. The lowest BCUT2D eigenvalue weighted by Crippen LogP contribution is -2.71. The third-order valence-electron chi connectivity index (χ3n) is 6.58. The molecule has 0 bridgehead atoms. The van der Waals surface area contributed by atoms with E-state index in [1.807, 2.05) is 32.0 Å². The second kappa shape index (κ2) is 9.28. The lowest BCUT2D eigenvalue weighted by molar-refractivity contribution is -0.133. The van der Waals surface area contributed by atoms with Gasteiger partial charge in [0.15, 0.2) is 0 Å². The van der Waals surface area contributed by atoms with Crippen LogP contribution in [0.4, 0.5) is 5.69 Å². The van der Waals surface area contributed by atoms with Gasteiger partial charge in [-0.1, -0.05) is 37.8 Å². The van der Waals surface area contributed by atoms with Gasteiger partial charge < -0.3 is 5.32 Å². The van der Waals surface area contributed by atoms with Crippen LogP contribution in [0.2, 0.25) is 0 Å². The molecule has 7 nitrogen and oxygen atoms in total. The zero-order valence-corrected chi connectivity index (χ0v) is 19.9. The first-order valence-electron chi connectivity index (χ1n) is 11.3. The second-order valence-electron chi connectivity index (χ2n) is 9.12. The SMILES string of the molecule is CCS(=O)(=O)N1CC(=O)N(c2cc(C)ccc2C)C(C)(C(=O)NC2CCCCCC2)C1. The Morgan fingerprint density at radius 3 is 2.42 bits per heavy atom. The van der Waals surface area contributed by atoms with Crippen molar-refractivity contribution in [3.63, 3.8) is 0 Å². The summed E-state index contributed by atoms with van der Waals surface area (Å²) in [7, 11) is -3.62. The highest BCUT2D eigenvalue weighted by Gasteiger charge is 2.51. The van der Waals surface area contributed by atoms with Gasteiger partial charge in [0.2, 0.25) is 21.8 Å². The van der Waals surface area contributed by atoms with Crippen molar-refractivity contribution >= 4 is 27.5 Å². The van der Waals surface area contributed by atoms with E-state index in [4.69, 9.17) is 0 Å². The number of carbonyl (C=O) groups is 2. The average molecular weight is 450 g/mol. The molecular formula is C23H35N3O4S. The first-order chi connectivity index (χ1) is 14.6. The Labute approximate surface area is 186 Å². The van der Waals surface area contributed by atoms with Crippen molar-refractivity contribution in [3.8, 4) is 0 Å². The largest absolute Gasteiger partial charge is 0.351 e. The predicted molar refractivity (Wildman–Crippen MR) is 122 cm³/mol. The maximum atomic E-state index is 13.7. The molecule has 2 fully saturated rings. The maximum absolute atomic E-state index is 13.7. The van der Waals surface area contributed by atoms with Crippen LogP contribution in [0.25, 0.3) is 0 Å². The molecule has 0 radical (unpaired) electrons. The molecule has 0 spiro atoms. The minimum Gasteiger partial charge on any atom is -0.351 e. The van der Waals surface area contributed by atoms with E-state index in [-0.39, 0.29) is 36.7 Å². The van der Waals surface area contributed by atoms with Crippen molar-refractivity contribution < 1.29 is 18.0 Å². The molecule has 2 amide bonds. The lowest BCUT2D eigenvalue weighted by atomic mass is 9.92. The standard InChI is InChI=1S/C23H35N3O4S/c1-5-31(29,30)25-15-21(27)26(20-14-17(2)12-13-18(20)3)23(4,16-25)22(28)24-19-10-8-6-7-9-11-19/h12-14,19H,5-11,15-16H2,1-4H3,(H,24,28). The molecule has 1 aromatic carbocycles. The van der Waals surface area contributed by atoms with Crippen LogP contribution in [0.5, 0.6) is 0 Å². The van der Waals surface area contributed by atoms with Gasteiger partial charge in [0.1, 0.15) is 5.54 Å². The van der Waals surface area contributed by atoms with Crippen molar-refractivity contribution in [1.29, 1.82) is 0 Å². The van der Waals surface area contributed by atoms with Gasteiger partial charge in [0.25, 0.3) is 0 Å². The van der Waals surface area contributed by atoms with Gasteiger partial charge in [-0.15, -0.1) is 0 Å². The molecule has 0 aromatic heterocycles. The zero-order chi connectivity index (χ0) is 22.8. The summed E-state index contributed by atoms with van der Waals surface area (Å²) in [5.74, 6) is -0.774. The number of sulfonamides is 1. The smallest absolute Gasteiger partial charge is 0.247 e. The van der Waals surface area contributed by atoms with Gasteiger partial charge in [-0.2, -0.15) is 4.31 Å². The molecule has 1 aromatic rings. The highest BCUT2D eigenvalue weighted by Crippen LogP contribution is 2.34. The molecule has 1 aliphatic carbocycles. The summed E-state index contributed by atoms with van der Waals surface area (Å²) in [6.45, 7) is 6.78. The van der Waals surface area contributed by atoms with E-state index < -0.39 is 15.6 Å². The van der Waals surface area contributed by atoms with Crippen molar-refractivity contribution in [2.24, 2.45) is 0 Å². The van der Waals surface area contributed by atoms with E-state index in [9.17, 15) is 18.0 Å². The fourth-order valence-corrected chi connectivity index (χ4v) is 5.76. The van der Waals surface area contributed by atoms with Crippen LogP contribution in [-0.4, -0.2) is 55.0 Å². The molecule has 1 atom stereocenters. The third-order valence-corrected chi connectivity index (χ3v) is 8.36. The van der Waals surface area contributed by atoms with Crippen LogP contribution in [-0.2, 0) is 19.6 Å². The number of amides is 2. The first kappa shape index (κ1) is 23.7. The molecular weight excluding hydrogens is 414 g/mol. The number of nitrogens with zero attached hydrogens (tertiary/aromatic N) is 2. The molecule has 8 heteroatoms. The Morgan fingerprint density at radius 1 is 1.16 bits per heavy atom. The monoisotopic (exact) mass is 449 g/mol. The maximum Gasteiger partial charge on any atom is 0.247 e. The summed E-state index contributed by atoms with van der Waals surface area (Å²) in [6.07, 6.45) is 6.29. The molecule has 1 heterocycles. The minimum absolute atomic E-state index is 0.0547. The highest BCUT2D eigenvalue weighted by atomic mass is 32.2. The van der Waals surface area contributed by atoms with Crippen molar-refractivity contribution in [2.75, 3.05) is 23.7 Å². The molecule has 1 N–H and O–H groups in total. The molecule has 31 heavy (non-hydrogen) atoms. The zero-order valence-electron chi connectivity index (χ0n) is 19.1. The fraction of sp³-hybridized carbons (Fsp3) is 0.652. The minimum atomic E-state index is -3.62. The summed E-state index contributed by atoms with van der Waals surface area (Å²) in [5.41, 5.74) is 1.18. The van der Waals surface area contributed by atoms with E-state index in [0.717, 1.165) is 36.8 Å². The molecule has 2 aliphatic rings. The number of aryl methyl sites for hydroxylation is 2. The van der Waals surface area contributed by atoms with Crippen LogP contribution in [0.3, 0.4) is 0 Å². The van der Waals surface area contributed by atoms with Gasteiger partial charge in [0, 0.05) is 18.3 Å². The van der Waals surface area contributed by atoms with Crippen LogP contribution in [0.1, 0.15) is 63.5 Å². The normalized spacial score (nSPS) is 24.1. The summed E-state index contributed by atoms with van der Waals surface area (Å²) < 4.78 is 26.4. The number of piperazine rings is 1. The van der Waals surface area contributed by atoms with Crippen molar-refractivity contribution in [2.45, 2.75) is 77.8 Å². The lowest BCUT2D eigenvalue weighted by Gasteiger charge is -2.47. The molecule has 1 saturated carbocycles. The Balaban J connectivity index is 2.02. The highest BCUT2D eigenvalue weighted by molar-refractivity contribution is 7.89. The molecule has 1 aliphatic heterocycles. The fourth-order valence-electron chi connectivity index (χ4n) is 4.64. The number of hydrogen-bond acceptors (Lipinski definition) is 4. The second-order valence-corrected chi connectivity index (χ2v) is 11.4. The average Bonchev–Trinajstić information content (AvgIpc) is 2.98. The van der Waals surface area contributed by atoms with Crippen LogP contribution < -0.4 is 10.2 Å². The molecule has 3 rings (SSSR count). The van der Waals surface area contributed by atoms with Crippen molar-refractivity contribution in [1.82, 2.24) is 9.62 Å². The van der Waals surface area contributed by atoms with Gasteiger partial charge in [-0.25, -0.2) is 8.42 Å². The summed E-state index contributed by atoms with van der Waals surface area (Å²) in [5, 5.41) is 3.16. The number of carbonyl (C=O) groups excluding carboxylic acids is 2. The first-order valence-corrected chi connectivity index (χ1v) is 12.9. The number of hydrogen-bond donors (Lipinski definition) is 1. The van der Waals surface area contributed by atoms with E-state index in [1.54, 1.807) is 13.8 Å². The Hall–Kier alpha value is -1.93. The number of anilines is 1. The van der Waals surface area contributed by atoms with Crippen LogP contribution in [0, 0.1) is 13.8 Å². The Morgan fingerprint density at radius 2 is 1.81 bits per heavy atom. The van der Waals surface area contributed by atoms with Crippen LogP contribution >= 0.6 is 0 Å². The molecule has 1 saturated heterocycles. The molecule has 172 valence electrons. The van der Waals surface area contributed by atoms with Crippen LogP contribution in [0.15, 0.2) is 18.2 Å². The van der Waals surface area contributed by atoms with E-state index >= 15 is 0 Å². The van der Waals surface area contributed by atoms with Gasteiger partial charge in [-0.3, -0.25) is 14.5 Å². The van der Waals surface area contributed by atoms with Gasteiger partial charge in [0.05, 0.1) is 12.3 Å². The van der Waals surface area contributed by atoms with E-state index in [0.29, 0.717) is 5.69 Å². The third kappa shape index (κ3) is 4.95. The quantitative estimate of drug-likeness (QED) is 0.701. The Kier molecular flexibility index (Phi) is 7.11.